The van der Waals surface area contributed by atoms with E-state index in [1.54, 1.807) is 18.3 Å². The number of aromatic nitrogens is 1. The molecule has 3 nitrogen and oxygen atoms in total. The first-order valence-electron chi connectivity index (χ1n) is 6.62. The average Bonchev–Trinajstić information content (AvgIpc) is 2.63. The first kappa shape index (κ1) is 13.3. The second-order valence-electron chi connectivity index (χ2n) is 4.84. The van der Waals surface area contributed by atoms with Gasteiger partial charge in [0, 0.05) is 19.3 Å². The van der Waals surface area contributed by atoms with E-state index < -0.39 is 0 Å². The summed E-state index contributed by atoms with van der Waals surface area (Å²) in [6.45, 7) is 3.89. The molecule has 0 radical (unpaired) electrons. The topological polar surface area (TPSA) is 33.2 Å². The number of amides is 1. The van der Waals surface area contributed by atoms with Gasteiger partial charge in [0.1, 0.15) is 5.15 Å². The molecule has 1 saturated heterocycles. The fourth-order valence-electron chi connectivity index (χ4n) is 2.49. The molecular formula is C14H19ClN2O. The summed E-state index contributed by atoms with van der Waals surface area (Å²) in [5, 5.41) is 0.304. The summed E-state index contributed by atoms with van der Waals surface area (Å²) in [4.78, 5) is 18.3. The molecule has 2 heterocycles. The molecule has 1 unspecified atom stereocenters. The van der Waals surface area contributed by atoms with Crippen molar-refractivity contribution in [3.05, 3.63) is 29.0 Å². The van der Waals surface area contributed by atoms with E-state index in [9.17, 15) is 4.79 Å². The lowest BCUT2D eigenvalue weighted by atomic mass is 9.98. The van der Waals surface area contributed by atoms with E-state index in [4.69, 9.17) is 11.6 Å². The average molecular weight is 267 g/mol. The maximum Gasteiger partial charge on any atom is 0.256 e. The Morgan fingerprint density at radius 3 is 3.06 bits per heavy atom. The van der Waals surface area contributed by atoms with Gasteiger partial charge in [-0.3, -0.25) is 4.79 Å². The lowest BCUT2D eigenvalue weighted by molar-refractivity contribution is 0.0759. The molecule has 4 heteroatoms. The summed E-state index contributed by atoms with van der Waals surface area (Å²) in [5.41, 5.74) is 0.522. The largest absolute Gasteiger partial charge is 0.339 e. The minimum Gasteiger partial charge on any atom is -0.339 e. The van der Waals surface area contributed by atoms with Crippen LogP contribution in [0.5, 0.6) is 0 Å². The third kappa shape index (κ3) is 3.02. The number of halogens is 1. The second kappa shape index (κ2) is 6.19. The van der Waals surface area contributed by atoms with Crippen LogP contribution in [-0.4, -0.2) is 28.9 Å². The zero-order valence-electron chi connectivity index (χ0n) is 10.7. The van der Waals surface area contributed by atoms with Crippen LogP contribution < -0.4 is 0 Å². The molecule has 1 aliphatic heterocycles. The Labute approximate surface area is 113 Å². The molecule has 1 aromatic rings. The smallest absolute Gasteiger partial charge is 0.256 e. The van der Waals surface area contributed by atoms with Crippen LogP contribution in [0, 0.1) is 5.92 Å². The Bertz CT molecular complexity index is 422. The molecule has 0 aromatic carbocycles. The Morgan fingerprint density at radius 2 is 2.33 bits per heavy atom. The van der Waals surface area contributed by atoms with Gasteiger partial charge in [0.15, 0.2) is 0 Å². The molecule has 0 saturated carbocycles. The molecule has 0 spiro atoms. The lowest BCUT2D eigenvalue weighted by Gasteiger charge is -2.20. The van der Waals surface area contributed by atoms with Gasteiger partial charge in [-0.1, -0.05) is 24.9 Å². The van der Waals surface area contributed by atoms with Gasteiger partial charge in [-0.05, 0) is 37.3 Å². The highest BCUT2D eigenvalue weighted by atomic mass is 35.5. The Hall–Kier alpha value is -1.09. The third-order valence-corrected chi connectivity index (χ3v) is 4.00. The van der Waals surface area contributed by atoms with Gasteiger partial charge in [0.05, 0.1) is 5.56 Å². The van der Waals surface area contributed by atoms with Crippen LogP contribution in [0.1, 0.15) is 43.0 Å². The third-order valence-electron chi connectivity index (χ3n) is 3.70. The predicted molar refractivity (Wildman–Crippen MR) is 72.8 cm³/mol. The van der Waals surface area contributed by atoms with Crippen LogP contribution in [0.25, 0.3) is 0 Å². The molecule has 0 bridgehead atoms. The number of pyridine rings is 1. The minimum absolute atomic E-state index is 0.0184. The van der Waals surface area contributed by atoms with Gasteiger partial charge >= 0.3 is 0 Å². The number of carbonyl (C=O) groups excluding carboxylic acids is 1. The van der Waals surface area contributed by atoms with E-state index in [1.807, 2.05) is 4.90 Å². The fraction of sp³-hybridized carbons (Fsp3) is 0.571. The van der Waals surface area contributed by atoms with E-state index in [0.29, 0.717) is 10.7 Å². The van der Waals surface area contributed by atoms with Gasteiger partial charge in [-0.15, -0.1) is 0 Å². The molecule has 1 amide bonds. The van der Waals surface area contributed by atoms with Crippen molar-refractivity contribution in [1.82, 2.24) is 9.88 Å². The van der Waals surface area contributed by atoms with E-state index in [2.05, 4.69) is 11.9 Å². The van der Waals surface area contributed by atoms with Crippen LogP contribution in [0.3, 0.4) is 0 Å². The van der Waals surface area contributed by atoms with Crippen molar-refractivity contribution in [1.29, 1.82) is 0 Å². The van der Waals surface area contributed by atoms with E-state index >= 15 is 0 Å². The number of hydrogen-bond acceptors (Lipinski definition) is 2. The van der Waals surface area contributed by atoms with Crippen molar-refractivity contribution in [2.75, 3.05) is 13.1 Å². The Kier molecular flexibility index (Phi) is 4.59. The van der Waals surface area contributed by atoms with Crippen LogP contribution in [0.15, 0.2) is 18.3 Å². The molecule has 1 aliphatic rings. The highest BCUT2D eigenvalue weighted by Crippen LogP contribution is 2.22. The summed E-state index contributed by atoms with van der Waals surface area (Å²) in [6.07, 6.45) is 6.22. The zero-order valence-corrected chi connectivity index (χ0v) is 11.5. The number of nitrogens with zero attached hydrogens (tertiary/aromatic N) is 2. The molecule has 0 N–H and O–H groups in total. The van der Waals surface area contributed by atoms with Crippen molar-refractivity contribution in [2.24, 2.45) is 5.92 Å². The monoisotopic (exact) mass is 266 g/mol. The Morgan fingerprint density at radius 1 is 1.50 bits per heavy atom. The van der Waals surface area contributed by atoms with Crippen molar-refractivity contribution in [3.8, 4) is 0 Å². The Balaban J connectivity index is 2.08. The number of likely N-dealkylation sites (tertiary alicyclic amines) is 1. The van der Waals surface area contributed by atoms with Crippen molar-refractivity contribution in [3.63, 3.8) is 0 Å². The van der Waals surface area contributed by atoms with E-state index in [0.717, 1.165) is 31.8 Å². The standard InChI is InChI=1S/C14H19ClN2O/c1-2-11-5-4-9-17(10-7-11)14(18)12-6-3-8-16-13(12)15/h3,6,8,11H,2,4-5,7,9-10H2,1H3. The van der Waals surface area contributed by atoms with Gasteiger partial charge in [-0.25, -0.2) is 4.98 Å². The predicted octanol–water partition coefficient (Wildman–Crippen LogP) is 3.39. The van der Waals surface area contributed by atoms with Crippen LogP contribution in [0.4, 0.5) is 0 Å². The summed E-state index contributed by atoms with van der Waals surface area (Å²) in [7, 11) is 0. The van der Waals surface area contributed by atoms with Gasteiger partial charge in [0.25, 0.3) is 5.91 Å². The number of carbonyl (C=O) groups is 1. The zero-order chi connectivity index (χ0) is 13.0. The molecule has 1 aromatic heterocycles. The quantitative estimate of drug-likeness (QED) is 0.769. The summed E-state index contributed by atoms with van der Waals surface area (Å²) < 4.78 is 0. The molecule has 2 rings (SSSR count). The van der Waals surface area contributed by atoms with Gasteiger partial charge in [0.2, 0.25) is 0 Å². The highest BCUT2D eigenvalue weighted by Gasteiger charge is 2.22. The highest BCUT2D eigenvalue weighted by molar-refractivity contribution is 6.32. The van der Waals surface area contributed by atoms with Gasteiger partial charge in [-0.2, -0.15) is 0 Å². The maximum atomic E-state index is 12.4. The first-order chi connectivity index (χ1) is 8.72. The van der Waals surface area contributed by atoms with Crippen molar-refractivity contribution < 1.29 is 4.79 Å². The van der Waals surface area contributed by atoms with Crippen LogP contribution >= 0.6 is 11.6 Å². The maximum absolute atomic E-state index is 12.4. The minimum atomic E-state index is 0.0184. The number of hydrogen-bond donors (Lipinski definition) is 0. The van der Waals surface area contributed by atoms with E-state index in [1.165, 1.54) is 12.8 Å². The molecule has 0 aliphatic carbocycles. The first-order valence-corrected chi connectivity index (χ1v) is 7.00. The number of rotatable bonds is 2. The van der Waals surface area contributed by atoms with E-state index in [-0.39, 0.29) is 5.91 Å². The van der Waals surface area contributed by atoms with Gasteiger partial charge < -0.3 is 4.90 Å². The molecule has 98 valence electrons. The molecular weight excluding hydrogens is 248 g/mol. The van der Waals surface area contributed by atoms with Crippen molar-refractivity contribution in [2.45, 2.75) is 32.6 Å². The second-order valence-corrected chi connectivity index (χ2v) is 5.20. The van der Waals surface area contributed by atoms with Crippen LogP contribution in [-0.2, 0) is 0 Å². The van der Waals surface area contributed by atoms with Crippen LogP contribution in [0.2, 0.25) is 5.15 Å². The van der Waals surface area contributed by atoms with Crippen molar-refractivity contribution >= 4 is 17.5 Å². The normalized spacial score (nSPS) is 20.6. The molecule has 1 atom stereocenters. The summed E-state index contributed by atoms with van der Waals surface area (Å²) in [5.74, 6) is 0.775. The molecule has 18 heavy (non-hydrogen) atoms. The molecule has 1 fully saturated rings. The summed E-state index contributed by atoms with van der Waals surface area (Å²) in [6, 6.07) is 3.51. The lowest BCUT2D eigenvalue weighted by Crippen LogP contribution is -2.32. The SMILES string of the molecule is CCC1CCCN(C(=O)c2cccnc2Cl)CC1. The fourth-order valence-corrected chi connectivity index (χ4v) is 2.69. The summed E-state index contributed by atoms with van der Waals surface area (Å²) >= 11 is 5.98.